The third kappa shape index (κ3) is 2.44. The van der Waals surface area contributed by atoms with Gasteiger partial charge in [0.2, 0.25) is 0 Å². The number of methoxy groups -OCH3 is 1. The maximum Gasteiger partial charge on any atom is 0.110 e. The number of imidazole rings is 1. The van der Waals surface area contributed by atoms with Gasteiger partial charge in [-0.3, -0.25) is 0 Å². The number of nitrogens with zero attached hydrogens (tertiary/aromatic N) is 2. The van der Waals surface area contributed by atoms with Crippen LogP contribution in [-0.2, 0) is 18.2 Å². The Morgan fingerprint density at radius 1 is 1.62 bits per heavy atom. The van der Waals surface area contributed by atoms with Gasteiger partial charge < -0.3 is 14.6 Å². The van der Waals surface area contributed by atoms with Crippen LogP contribution < -0.4 is 5.32 Å². The van der Waals surface area contributed by atoms with Crippen LogP contribution in [0.2, 0.25) is 0 Å². The molecule has 1 heterocycles. The molecule has 0 bridgehead atoms. The molecule has 2 unspecified atom stereocenters. The molecule has 2 rings (SSSR count). The molecule has 1 aliphatic carbocycles. The summed E-state index contributed by atoms with van der Waals surface area (Å²) in [4.78, 5) is 4.37. The van der Waals surface area contributed by atoms with Crippen molar-refractivity contribution < 1.29 is 4.74 Å². The molecule has 0 radical (unpaired) electrons. The van der Waals surface area contributed by atoms with E-state index in [0.29, 0.717) is 12.1 Å². The van der Waals surface area contributed by atoms with Gasteiger partial charge >= 0.3 is 0 Å². The van der Waals surface area contributed by atoms with Crippen molar-refractivity contribution in [3.05, 3.63) is 18.2 Å². The zero-order valence-corrected chi connectivity index (χ0v) is 10.3. The zero-order valence-electron chi connectivity index (χ0n) is 10.3. The quantitative estimate of drug-likeness (QED) is 0.781. The molecule has 2 atom stereocenters. The first kappa shape index (κ1) is 11.6. The van der Waals surface area contributed by atoms with Gasteiger partial charge in [-0.1, -0.05) is 0 Å². The molecule has 1 aromatic heterocycles. The van der Waals surface area contributed by atoms with E-state index in [1.165, 1.54) is 12.8 Å². The lowest BCUT2D eigenvalue weighted by Gasteiger charge is -2.25. The monoisotopic (exact) mass is 223 g/mol. The Balaban J connectivity index is 2.01. The summed E-state index contributed by atoms with van der Waals surface area (Å²) in [5.41, 5.74) is 0. The second-order valence-corrected chi connectivity index (χ2v) is 4.59. The average molecular weight is 223 g/mol. The summed E-state index contributed by atoms with van der Waals surface area (Å²) in [6.45, 7) is 0. The van der Waals surface area contributed by atoms with Gasteiger partial charge in [0, 0.05) is 39.0 Å². The maximum absolute atomic E-state index is 5.62. The summed E-state index contributed by atoms with van der Waals surface area (Å²) in [6.07, 6.45) is 7.69. The van der Waals surface area contributed by atoms with E-state index in [4.69, 9.17) is 4.74 Å². The first-order chi connectivity index (χ1) is 7.76. The molecule has 90 valence electrons. The molecular formula is C12H21N3O. The summed E-state index contributed by atoms with van der Waals surface area (Å²) in [6, 6.07) is 0.360. The number of hydrogen-bond acceptors (Lipinski definition) is 3. The average Bonchev–Trinajstić information content (AvgIpc) is 3.04. The van der Waals surface area contributed by atoms with E-state index in [-0.39, 0.29) is 0 Å². The van der Waals surface area contributed by atoms with Crippen LogP contribution in [0.3, 0.4) is 0 Å². The van der Waals surface area contributed by atoms with Gasteiger partial charge in [0.1, 0.15) is 5.82 Å². The molecule has 1 saturated carbocycles. The highest BCUT2D eigenvalue weighted by Gasteiger charge is 2.36. The van der Waals surface area contributed by atoms with E-state index < -0.39 is 0 Å². The Bertz CT molecular complexity index is 333. The molecule has 0 aromatic carbocycles. The van der Waals surface area contributed by atoms with Crippen LogP contribution in [0.15, 0.2) is 12.4 Å². The van der Waals surface area contributed by atoms with Gasteiger partial charge in [0.15, 0.2) is 0 Å². The summed E-state index contributed by atoms with van der Waals surface area (Å²) >= 11 is 0. The van der Waals surface area contributed by atoms with E-state index in [0.717, 1.165) is 18.2 Å². The van der Waals surface area contributed by atoms with Crippen LogP contribution in [0.5, 0.6) is 0 Å². The minimum atomic E-state index is 0.321. The lowest BCUT2D eigenvalue weighted by molar-refractivity contribution is 0.0527. The highest BCUT2D eigenvalue weighted by atomic mass is 16.5. The number of nitrogens with one attached hydrogen (secondary N) is 1. The van der Waals surface area contributed by atoms with Gasteiger partial charge in [-0.25, -0.2) is 4.98 Å². The third-order valence-electron chi connectivity index (χ3n) is 3.45. The van der Waals surface area contributed by atoms with Crippen molar-refractivity contribution >= 4 is 0 Å². The molecule has 16 heavy (non-hydrogen) atoms. The molecule has 1 N–H and O–H groups in total. The maximum atomic E-state index is 5.62. The number of ether oxygens (including phenoxy) is 1. The molecular weight excluding hydrogens is 202 g/mol. The van der Waals surface area contributed by atoms with E-state index in [1.807, 2.05) is 33.6 Å². The fourth-order valence-electron chi connectivity index (χ4n) is 2.28. The number of rotatable bonds is 6. The standard InChI is InChI=1S/C12H21N3O/c1-13-10(12(16-3)9-4-5-9)8-11-14-6-7-15(11)2/h6-7,9-10,12-13H,4-5,8H2,1-3H3. The second-order valence-electron chi connectivity index (χ2n) is 4.59. The van der Waals surface area contributed by atoms with Crippen molar-refractivity contribution in [2.45, 2.75) is 31.4 Å². The lowest BCUT2D eigenvalue weighted by Crippen LogP contribution is -2.42. The molecule has 4 heteroatoms. The summed E-state index contributed by atoms with van der Waals surface area (Å²) in [7, 11) is 5.85. The Labute approximate surface area is 97.0 Å². The highest BCUT2D eigenvalue weighted by molar-refractivity contribution is 4.99. The van der Waals surface area contributed by atoms with Crippen molar-refractivity contribution in [1.82, 2.24) is 14.9 Å². The van der Waals surface area contributed by atoms with Crippen molar-refractivity contribution in [1.29, 1.82) is 0 Å². The van der Waals surface area contributed by atoms with Crippen LogP contribution in [0.25, 0.3) is 0 Å². The Kier molecular flexibility index (Phi) is 3.61. The van der Waals surface area contributed by atoms with Crippen molar-refractivity contribution in [2.75, 3.05) is 14.2 Å². The van der Waals surface area contributed by atoms with E-state index in [1.54, 1.807) is 0 Å². The number of aromatic nitrogens is 2. The normalized spacial score (nSPS) is 19.7. The Hall–Kier alpha value is -0.870. The first-order valence-corrected chi connectivity index (χ1v) is 5.92. The smallest absolute Gasteiger partial charge is 0.110 e. The summed E-state index contributed by atoms with van der Waals surface area (Å²) in [5, 5.41) is 3.36. The third-order valence-corrected chi connectivity index (χ3v) is 3.45. The van der Waals surface area contributed by atoms with Crippen molar-refractivity contribution in [3.63, 3.8) is 0 Å². The topological polar surface area (TPSA) is 39.1 Å². The number of hydrogen-bond donors (Lipinski definition) is 1. The summed E-state index contributed by atoms with van der Waals surface area (Å²) < 4.78 is 7.69. The molecule has 1 aromatic rings. The van der Waals surface area contributed by atoms with Crippen LogP contribution in [0.1, 0.15) is 18.7 Å². The minimum Gasteiger partial charge on any atom is -0.380 e. The summed E-state index contributed by atoms with van der Waals surface area (Å²) in [5.74, 6) is 1.85. The van der Waals surface area contributed by atoms with Crippen molar-refractivity contribution in [2.24, 2.45) is 13.0 Å². The molecule has 0 aliphatic heterocycles. The van der Waals surface area contributed by atoms with Gasteiger partial charge in [-0.05, 0) is 25.8 Å². The van der Waals surface area contributed by atoms with Crippen LogP contribution >= 0.6 is 0 Å². The fraction of sp³-hybridized carbons (Fsp3) is 0.750. The largest absolute Gasteiger partial charge is 0.380 e. The number of aryl methyl sites for hydroxylation is 1. The molecule has 4 nitrogen and oxygen atoms in total. The molecule has 1 fully saturated rings. The Morgan fingerprint density at radius 2 is 2.38 bits per heavy atom. The van der Waals surface area contributed by atoms with Gasteiger partial charge in [-0.2, -0.15) is 0 Å². The van der Waals surface area contributed by atoms with E-state index in [2.05, 4.69) is 14.9 Å². The molecule has 1 aliphatic rings. The SMILES string of the molecule is CNC(Cc1nccn1C)C(OC)C1CC1. The van der Waals surface area contributed by atoms with Crippen molar-refractivity contribution in [3.8, 4) is 0 Å². The second kappa shape index (κ2) is 4.97. The van der Waals surface area contributed by atoms with Crippen LogP contribution in [0.4, 0.5) is 0 Å². The minimum absolute atomic E-state index is 0.321. The highest BCUT2D eigenvalue weighted by Crippen LogP contribution is 2.36. The Morgan fingerprint density at radius 3 is 2.81 bits per heavy atom. The van der Waals surface area contributed by atoms with Crippen LogP contribution in [-0.4, -0.2) is 35.9 Å². The first-order valence-electron chi connectivity index (χ1n) is 5.92. The fourth-order valence-corrected chi connectivity index (χ4v) is 2.28. The van der Waals surface area contributed by atoms with Crippen LogP contribution in [0, 0.1) is 5.92 Å². The zero-order chi connectivity index (χ0) is 11.5. The molecule has 0 spiro atoms. The molecule has 0 amide bonds. The number of likely N-dealkylation sites (N-methyl/N-ethyl adjacent to an activating group) is 1. The van der Waals surface area contributed by atoms with Gasteiger partial charge in [0.25, 0.3) is 0 Å². The predicted molar refractivity (Wildman–Crippen MR) is 63.3 cm³/mol. The van der Waals surface area contributed by atoms with E-state index >= 15 is 0 Å². The van der Waals surface area contributed by atoms with Gasteiger partial charge in [-0.15, -0.1) is 0 Å². The van der Waals surface area contributed by atoms with E-state index in [9.17, 15) is 0 Å². The van der Waals surface area contributed by atoms with Gasteiger partial charge in [0.05, 0.1) is 6.10 Å². The lowest BCUT2D eigenvalue weighted by atomic mass is 10.0. The molecule has 0 saturated heterocycles. The predicted octanol–water partition coefficient (Wildman–Crippen LogP) is 0.976.